The summed E-state index contributed by atoms with van der Waals surface area (Å²) in [5.74, 6) is -1.87. The minimum absolute atomic E-state index is 0.0496. The number of carbonyl (C=O) groups is 3. The van der Waals surface area contributed by atoms with E-state index in [1.807, 2.05) is 0 Å². The number of furan rings is 1. The van der Waals surface area contributed by atoms with Crippen molar-refractivity contribution < 1.29 is 23.2 Å². The molecule has 1 aromatic carbocycles. The van der Waals surface area contributed by atoms with Crippen LogP contribution in [0.1, 0.15) is 26.7 Å². The molecule has 5 nitrogen and oxygen atoms in total. The van der Waals surface area contributed by atoms with E-state index >= 15 is 0 Å². The van der Waals surface area contributed by atoms with Gasteiger partial charge in [0, 0.05) is 0 Å². The molecule has 0 atom stereocenters. The van der Waals surface area contributed by atoms with Gasteiger partial charge >= 0.3 is 0 Å². The van der Waals surface area contributed by atoms with Crippen LogP contribution in [0.2, 0.25) is 5.02 Å². The summed E-state index contributed by atoms with van der Waals surface area (Å²) in [6.07, 6.45) is 0.522. The maximum absolute atomic E-state index is 13.5. The third kappa shape index (κ3) is 2.13. The Bertz CT molecular complexity index is 783. The maximum atomic E-state index is 13.5. The molecule has 0 spiro atoms. The van der Waals surface area contributed by atoms with Crippen molar-refractivity contribution in [1.29, 1.82) is 0 Å². The van der Waals surface area contributed by atoms with E-state index in [1.54, 1.807) is 0 Å². The molecule has 3 rings (SSSR count). The summed E-state index contributed by atoms with van der Waals surface area (Å²) in [5.41, 5.74) is 0.185. The van der Waals surface area contributed by atoms with E-state index in [0.717, 1.165) is 17.0 Å². The quantitative estimate of drug-likeness (QED) is 0.645. The van der Waals surface area contributed by atoms with Crippen molar-refractivity contribution in [2.75, 3.05) is 4.90 Å². The Morgan fingerprint density at radius 1 is 1.29 bits per heavy atom. The molecule has 0 radical (unpaired) electrons. The molecule has 1 aliphatic rings. The van der Waals surface area contributed by atoms with Crippen LogP contribution < -0.4 is 4.90 Å². The molecule has 0 unspecified atom stereocenters. The lowest BCUT2D eigenvalue weighted by molar-refractivity contribution is -0.114. The zero-order valence-electron chi connectivity index (χ0n) is 10.4. The first-order valence-corrected chi connectivity index (χ1v) is 6.28. The van der Waals surface area contributed by atoms with E-state index < -0.39 is 17.5 Å². The molecule has 106 valence electrons. The number of hydrogen-bond acceptors (Lipinski definition) is 4. The van der Waals surface area contributed by atoms with Gasteiger partial charge in [0.1, 0.15) is 11.6 Å². The Balaban J connectivity index is 2.00. The summed E-state index contributed by atoms with van der Waals surface area (Å²) in [5, 5.41) is -0.224. The number of nitrogens with zero attached hydrogens (tertiary/aromatic N) is 1. The van der Waals surface area contributed by atoms with Gasteiger partial charge in [0.05, 0.1) is 22.8 Å². The highest BCUT2D eigenvalue weighted by Crippen LogP contribution is 2.34. The molecule has 7 heteroatoms. The van der Waals surface area contributed by atoms with Crippen molar-refractivity contribution in [3.8, 4) is 0 Å². The van der Waals surface area contributed by atoms with Crippen molar-refractivity contribution in [2.45, 2.75) is 6.54 Å². The molecule has 1 amide bonds. The van der Waals surface area contributed by atoms with Gasteiger partial charge in [-0.25, -0.2) is 4.39 Å². The van der Waals surface area contributed by atoms with Crippen LogP contribution in [0.3, 0.4) is 0 Å². The van der Waals surface area contributed by atoms with E-state index in [4.69, 9.17) is 16.0 Å². The lowest BCUT2D eigenvalue weighted by atomic mass is 10.1. The highest BCUT2D eigenvalue weighted by Gasteiger charge is 2.37. The van der Waals surface area contributed by atoms with Crippen LogP contribution >= 0.6 is 11.6 Å². The molecule has 2 aromatic rings. The predicted octanol–water partition coefficient (Wildman–Crippen LogP) is 2.61. The first kappa shape index (κ1) is 13.5. The Morgan fingerprint density at radius 3 is 2.71 bits per heavy atom. The van der Waals surface area contributed by atoms with Gasteiger partial charge < -0.3 is 4.42 Å². The second-order valence-corrected chi connectivity index (χ2v) is 4.83. The van der Waals surface area contributed by atoms with Gasteiger partial charge in [0.25, 0.3) is 11.7 Å². The number of amides is 1. The van der Waals surface area contributed by atoms with Gasteiger partial charge in [-0.05, 0) is 24.3 Å². The Hall–Kier alpha value is -2.47. The van der Waals surface area contributed by atoms with Crippen LogP contribution in [0, 0.1) is 5.82 Å². The summed E-state index contributed by atoms with van der Waals surface area (Å²) < 4.78 is 18.7. The molecular formula is C14H7ClFNO4. The number of ketones is 1. The molecule has 1 aromatic heterocycles. The largest absolute Gasteiger partial charge is 0.456 e. The van der Waals surface area contributed by atoms with E-state index in [0.29, 0.717) is 12.0 Å². The van der Waals surface area contributed by atoms with Crippen LogP contribution in [-0.2, 0) is 11.3 Å². The summed E-state index contributed by atoms with van der Waals surface area (Å²) in [6.45, 7) is -0.0769. The fraction of sp³-hybridized carbons (Fsp3) is 0.0714. The van der Waals surface area contributed by atoms with Crippen LogP contribution in [0.25, 0.3) is 0 Å². The van der Waals surface area contributed by atoms with Crippen molar-refractivity contribution in [3.63, 3.8) is 0 Å². The average Bonchev–Trinajstić information content (AvgIpc) is 3.01. The van der Waals surface area contributed by atoms with Gasteiger partial charge in [-0.3, -0.25) is 19.3 Å². The molecule has 1 aliphatic heterocycles. The second-order valence-electron chi connectivity index (χ2n) is 4.43. The SMILES string of the molecule is O=Cc1ccc(CN2C(=O)C(=O)c3cc(Cl)c(F)cc32)o1. The molecule has 2 heterocycles. The number of carbonyl (C=O) groups excluding carboxylic acids is 3. The molecule has 0 N–H and O–H groups in total. The van der Waals surface area contributed by atoms with E-state index in [1.165, 1.54) is 12.1 Å². The zero-order chi connectivity index (χ0) is 15.1. The Kier molecular flexibility index (Phi) is 3.10. The smallest absolute Gasteiger partial charge is 0.299 e. The average molecular weight is 308 g/mol. The molecule has 0 saturated heterocycles. The highest BCUT2D eigenvalue weighted by atomic mass is 35.5. The summed E-state index contributed by atoms with van der Waals surface area (Å²) in [4.78, 5) is 35.5. The molecule has 0 saturated carbocycles. The van der Waals surface area contributed by atoms with Crippen LogP contribution in [0.4, 0.5) is 10.1 Å². The monoisotopic (exact) mass is 307 g/mol. The lowest BCUT2D eigenvalue weighted by Crippen LogP contribution is -2.28. The van der Waals surface area contributed by atoms with Gasteiger partial charge in [-0.15, -0.1) is 0 Å². The van der Waals surface area contributed by atoms with Gasteiger partial charge in [-0.2, -0.15) is 0 Å². The van der Waals surface area contributed by atoms with E-state index in [-0.39, 0.29) is 28.6 Å². The maximum Gasteiger partial charge on any atom is 0.299 e. The van der Waals surface area contributed by atoms with Crippen LogP contribution in [0.15, 0.2) is 28.7 Å². The topological polar surface area (TPSA) is 67.6 Å². The third-order valence-electron chi connectivity index (χ3n) is 3.13. The van der Waals surface area contributed by atoms with E-state index in [2.05, 4.69) is 0 Å². The highest BCUT2D eigenvalue weighted by molar-refractivity contribution is 6.52. The van der Waals surface area contributed by atoms with Crippen LogP contribution in [0.5, 0.6) is 0 Å². The third-order valence-corrected chi connectivity index (χ3v) is 3.42. The van der Waals surface area contributed by atoms with E-state index in [9.17, 15) is 18.8 Å². The number of anilines is 1. The first-order valence-electron chi connectivity index (χ1n) is 5.90. The van der Waals surface area contributed by atoms with Gasteiger partial charge in [-0.1, -0.05) is 11.6 Å². The minimum Gasteiger partial charge on any atom is -0.456 e. The number of halogens is 2. The standard InChI is InChI=1S/C14H7ClFNO4/c15-10-3-9-12(4-11(10)16)17(14(20)13(9)19)5-7-1-2-8(6-18)21-7/h1-4,6H,5H2. The Morgan fingerprint density at radius 2 is 2.05 bits per heavy atom. The Labute approximate surface area is 122 Å². The number of hydrogen-bond donors (Lipinski definition) is 0. The lowest BCUT2D eigenvalue weighted by Gasteiger charge is -2.14. The van der Waals surface area contributed by atoms with Crippen molar-refractivity contribution >= 4 is 35.3 Å². The summed E-state index contributed by atoms with van der Waals surface area (Å²) in [7, 11) is 0. The fourth-order valence-electron chi connectivity index (χ4n) is 2.14. The number of rotatable bonds is 3. The zero-order valence-corrected chi connectivity index (χ0v) is 11.2. The summed E-state index contributed by atoms with van der Waals surface area (Å²) >= 11 is 5.62. The molecule has 21 heavy (non-hydrogen) atoms. The molecule has 0 bridgehead atoms. The van der Waals surface area contributed by atoms with Gasteiger partial charge in [0.2, 0.25) is 0 Å². The molecular weight excluding hydrogens is 301 g/mol. The number of fused-ring (bicyclic) bond motifs is 1. The summed E-state index contributed by atoms with van der Waals surface area (Å²) in [6, 6.07) is 5.11. The minimum atomic E-state index is -0.796. The first-order chi connectivity index (χ1) is 10.0. The number of Topliss-reactive ketones (excluding diaryl/α,β-unsaturated/α-hetero) is 1. The van der Waals surface area contributed by atoms with Crippen molar-refractivity contribution in [1.82, 2.24) is 0 Å². The number of aldehydes is 1. The van der Waals surface area contributed by atoms with Crippen LogP contribution in [-0.4, -0.2) is 18.0 Å². The van der Waals surface area contributed by atoms with Crippen molar-refractivity contribution in [2.24, 2.45) is 0 Å². The number of benzene rings is 1. The molecule has 0 fully saturated rings. The van der Waals surface area contributed by atoms with Crippen molar-refractivity contribution in [3.05, 3.63) is 52.2 Å². The molecule has 0 aliphatic carbocycles. The predicted molar refractivity (Wildman–Crippen MR) is 71.0 cm³/mol. The fourth-order valence-corrected chi connectivity index (χ4v) is 2.31. The van der Waals surface area contributed by atoms with Gasteiger partial charge in [0.15, 0.2) is 12.0 Å². The second kappa shape index (κ2) is 4.82. The normalized spacial score (nSPS) is 13.7.